The maximum atomic E-state index is 12.9. The normalized spacial score (nSPS) is 17.6. The molecule has 0 aliphatic carbocycles. The minimum Gasteiger partial charge on any atom is -0.467 e. The first-order valence-corrected chi connectivity index (χ1v) is 9.47. The number of amides is 3. The monoisotopic (exact) mass is 366 g/mol. The lowest BCUT2D eigenvalue weighted by atomic mass is 10.0. The quantitative estimate of drug-likeness (QED) is 0.780. The predicted octanol–water partition coefficient (Wildman–Crippen LogP) is 3.48. The van der Waals surface area contributed by atoms with E-state index in [9.17, 15) is 14.4 Å². The maximum Gasteiger partial charge on any atom is 0.261 e. The van der Waals surface area contributed by atoms with Gasteiger partial charge in [0.1, 0.15) is 5.76 Å². The number of hydrogen-bond donors (Lipinski definition) is 0. The summed E-state index contributed by atoms with van der Waals surface area (Å²) >= 11 is 0. The molecule has 1 saturated heterocycles. The molecule has 2 aliphatic heterocycles. The summed E-state index contributed by atoms with van der Waals surface area (Å²) in [5.74, 6) is -0.253. The van der Waals surface area contributed by atoms with Crippen molar-refractivity contribution in [2.45, 2.75) is 38.6 Å². The van der Waals surface area contributed by atoms with E-state index in [1.54, 1.807) is 30.3 Å². The van der Waals surface area contributed by atoms with Crippen LogP contribution in [-0.4, -0.2) is 40.6 Å². The van der Waals surface area contributed by atoms with Gasteiger partial charge in [-0.15, -0.1) is 0 Å². The molecule has 4 rings (SSSR count). The highest BCUT2D eigenvalue weighted by atomic mass is 16.3. The van der Waals surface area contributed by atoms with Crippen LogP contribution >= 0.6 is 0 Å². The molecule has 0 saturated carbocycles. The van der Waals surface area contributed by atoms with E-state index in [1.165, 1.54) is 12.7 Å². The number of rotatable bonds is 3. The average molecular weight is 366 g/mol. The molecule has 2 aliphatic rings. The molecule has 140 valence electrons. The number of furan rings is 1. The Balaban J connectivity index is 1.56. The van der Waals surface area contributed by atoms with Gasteiger partial charge < -0.3 is 9.32 Å². The van der Waals surface area contributed by atoms with Crippen molar-refractivity contribution in [3.8, 4) is 0 Å². The highest BCUT2D eigenvalue weighted by molar-refractivity contribution is 6.22. The molecule has 0 bridgehead atoms. The minimum atomic E-state index is -0.381. The zero-order valence-electron chi connectivity index (χ0n) is 15.1. The fourth-order valence-corrected chi connectivity index (χ4v) is 3.76. The highest BCUT2D eigenvalue weighted by Gasteiger charge is 2.36. The van der Waals surface area contributed by atoms with Crippen molar-refractivity contribution in [3.05, 3.63) is 59.0 Å². The van der Waals surface area contributed by atoms with Gasteiger partial charge in [0.15, 0.2) is 0 Å². The standard InChI is InChI=1S/C21H22N2O4/c24-19(22-10-4-2-1-3-5-11-22)15-8-9-17-18(13-15)21(26)23(20(17)25)14-16-7-6-12-27-16/h6-9,12-13H,1-5,10-11,14H2. The maximum absolute atomic E-state index is 12.9. The fraction of sp³-hybridized carbons (Fsp3) is 0.381. The highest BCUT2D eigenvalue weighted by Crippen LogP contribution is 2.26. The van der Waals surface area contributed by atoms with Crippen LogP contribution in [0.3, 0.4) is 0 Å². The van der Waals surface area contributed by atoms with E-state index >= 15 is 0 Å². The Morgan fingerprint density at radius 2 is 1.63 bits per heavy atom. The van der Waals surface area contributed by atoms with E-state index in [4.69, 9.17) is 4.42 Å². The molecule has 1 aromatic heterocycles. The molecule has 3 heterocycles. The van der Waals surface area contributed by atoms with E-state index in [1.807, 2.05) is 4.90 Å². The molecule has 1 aromatic carbocycles. The number of benzene rings is 1. The van der Waals surface area contributed by atoms with Crippen LogP contribution in [0.4, 0.5) is 0 Å². The number of carbonyl (C=O) groups is 3. The van der Waals surface area contributed by atoms with Crippen molar-refractivity contribution < 1.29 is 18.8 Å². The van der Waals surface area contributed by atoms with E-state index in [-0.39, 0.29) is 24.3 Å². The Kier molecular flexibility index (Phi) is 4.79. The van der Waals surface area contributed by atoms with Crippen LogP contribution in [0, 0.1) is 0 Å². The van der Waals surface area contributed by atoms with Gasteiger partial charge in [0, 0.05) is 18.7 Å². The Labute approximate surface area is 157 Å². The summed E-state index contributed by atoms with van der Waals surface area (Å²) in [6.07, 6.45) is 7.03. The van der Waals surface area contributed by atoms with Crippen LogP contribution in [0.2, 0.25) is 0 Å². The molecular weight excluding hydrogens is 344 g/mol. The van der Waals surface area contributed by atoms with Crippen LogP contribution in [0.15, 0.2) is 41.0 Å². The summed E-state index contributed by atoms with van der Waals surface area (Å²) in [5.41, 5.74) is 1.11. The summed E-state index contributed by atoms with van der Waals surface area (Å²) in [6.45, 7) is 1.58. The van der Waals surface area contributed by atoms with Gasteiger partial charge in [0.05, 0.1) is 23.9 Å². The number of nitrogens with zero attached hydrogens (tertiary/aromatic N) is 2. The molecule has 2 aromatic rings. The molecule has 6 nitrogen and oxygen atoms in total. The second kappa shape index (κ2) is 7.39. The molecular formula is C21H22N2O4. The first kappa shape index (κ1) is 17.5. The molecule has 1 fully saturated rings. The Bertz CT molecular complexity index is 864. The average Bonchev–Trinajstić information content (AvgIpc) is 3.24. The lowest BCUT2D eigenvalue weighted by molar-refractivity contribution is 0.0631. The number of carbonyl (C=O) groups excluding carboxylic acids is 3. The van der Waals surface area contributed by atoms with Gasteiger partial charge in [-0.2, -0.15) is 0 Å². The van der Waals surface area contributed by atoms with E-state index in [0.717, 1.165) is 43.7 Å². The van der Waals surface area contributed by atoms with Gasteiger partial charge in [-0.25, -0.2) is 0 Å². The Hall–Kier alpha value is -2.89. The molecule has 6 heteroatoms. The van der Waals surface area contributed by atoms with Gasteiger partial charge in [0.25, 0.3) is 17.7 Å². The third-order valence-electron chi connectivity index (χ3n) is 5.25. The van der Waals surface area contributed by atoms with Gasteiger partial charge in [0.2, 0.25) is 0 Å². The van der Waals surface area contributed by atoms with Crippen molar-refractivity contribution in [2.75, 3.05) is 13.1 Å². The lowest BCUT2D eigenvalue weighted by Gasteiger charge is -2.25. The summed E-state index contributed by atoms with van der Waals surface area (Å²) in [5, 5.41) is 0. The van der Waals surface area contributed by atoms with Crippen LogP contribution in [0.25, 0.3) is 0 Å². The van der Waals surface area contributed by atoms with E-state index < -0.39 is 0 Å². The van der Waals surface area contributed by atoms with Crippen LogP contribution in [0.5, 0.6) is 0 Å². The number of likely N-dealkylation sites (tertiary alicyclic amines) is 1. The predicted molar refractivity (Wildman–Crippen MR) is 98.3 cm³/mol. The van der Waals surface area contributed by atoms with Crippen molar-refractivity contribution >= 4 is 17.7 Å². The van der Waals surface area contributed by atoms with Crippen LogP contribution in [-0.2, 0) is 6.54 Å². The molecule has 0 spiro atoms. The van der Waals surface area contributed by atoms with Gasteiger partial charge in [-0.1, -0.05) is 19.3 Å². The molecule has 3 amide bonds. The third kappa shape index (κ3) is 3.39. The Morgan fingerprint density at radius 3 is 2.33 bits per heavy atom. The number of fused-ring (bicyclic) bond motifs is 1. The summed E-state index contributed by atoms with van der Waals surface area (Å²) < 4.78 is 5.25. The zero-order chi connectivity index (χ0) is 18.8. The fourth-order valence-electron chi connectivity index (χ4n) is 3.76. The van der Waals surface area contributed by atoms with Crippen molar-refractivity contribution in [1.82, 2.24) is 9.80 Å². The molecule has 27 heavy (non-hydrogen) atoms. The molecule has 0 radical (unpaired) electrons. The van der Waals surface area contributed by atoms with Crippen LogP contribution < -0.4 is 0 Å². The summed E-state index contributed by atoms with van der Waals surface area (Å²) in [7, 11) is 0. The van der Waals surface area contributed by atoms with Crippen molar-refractivity contribution in [1.29, 1.82) is 0 Å². The van der Waals surface area contributed by atoms with Crippen molar-refractivity contribution in [3.63, 3.8) is 0 Å². The van der Waals surface area contributed by atoms with Gasteiger partial charge >= 0.3 is 0 Å². The largest absolute Gasteiger partial charge is 0.467 e. The number of hydrogen-bond acceptors (Lipinski definition) is 4. The minimum absolute atomic E-state index is 0.0653. The second-order valence-corrected chi connectivity index (χ2v) is 7.10. The smallest absolute Gasteiger partial charge is 0.261 e. The number of imide groups is 1. The summed E-state index contributed by atoms with van der Waals surface area (Å²) in [4.78, 5) is 41.2. The first-order chi connectivity index (χ1) is 13.1. The zero-order valence-corrected chi connectivity index (χ0v) is 15.1. The van der Waals surface area contributed by atoms with Gasteiger partial charge in [-0.05, 0) is 43.2 Å². The lowest BCUT2D eigenvalue weighted by Crippen LogP contribution is -2.33. The molecule has 0 N–H and O–H groups in total. The van der Waals surface area contributed by atoms with E-state index in [0.29, 0.717) is 22.5 Å². The third-order valence-corrected chi connectivity index (χ3v) is 5.25. The molecule has 0 unspecified atom stereocenters. The van der Waals surface area contributed by atoms with E-state index in [2.05, 4.69) is 0 Å². The SMILES string of the molecule is O=C(c1ccc2c(c1)C(=O)N(Cc1ccco1)C2=O)N1CCCCCCC1. The van der Waals surface area contributed by atoms with Gasteiger partial charge in [-0.3, -0.25) is 19.3 Å². The topological polar surface area (TPSA) is 70.8 Å². The molecule has 0 atom stereocenters. The first-order valence-electron chi connectivity index (χ1n) is 9.47. The van der Waals surface area contributed by atoms with Crippen molar-refractivity contribution in [2.24, 2.45) is 0 Å². The second-order valence-electron chi connectivity index (χ2n) is 7.10. The van der Waals surface area contributed by atoms with Crippen LogP contribution in [0.1, 0.15) is 68.9 Å². The summed E-state index contributed by atoms with van der Waals surface area (Å²) in [6, 6.07) is 8.25. The Morgan fingerprint density at radius 1 is 0.926 bits per heavy atom.